The van der Waals surface area contributed by atoms with Crippen LogP contribution in [0.5, 0.6) is 0 Å². The fourth-order valence-corrected chi connectivity index (χ4v) is 0. The van der Waals surface area contributed by atoms with E-state index in [1.165, 1.54) is 0 Å². The predicted octanol–water partition coefficient (Wildman–Crippen LogP) is -8.35. The highest BCUT2D eigenvalue weighted by Gasteiger charge is -0.0776. The maximum atomic E-state index is 0. The zero-order chi connectivity index (χ0) is 0. The third kappa shape index (κ3) is 25.3. The lowest BCUT2D eigenvalue weighted by Crippen LogP contribution is -3.00. The average molecular weight is 73.0 g/mol. The lowest BCUT2D eigenvalue weighted by Gasteiger charge is -1.00. The summed E-state index contributed by atoms with van der Waals surface area (Å²) in [7, 11) is 0. The first-order valence-electron chi connectivity index (χ1n) is 0. The van der Waals surface area contributed by atoms with Crippen molar-refractivity contribution < 1.29 is 14.1 Å². The van der Waals surface area contributed by atoms with E-state index in [2.05, 4.69) is 0 Å². The maximum Gasteiger partial charge on any atom is -0.0776 e. The number of hydrogen-bond donors (Lipinski definition) is 0. The summed E-state index contributed by atoms with van der Waals surface area (Å²) < 4.78 is 0. The molecule has 0 saturated carbocycles. The van der Waals surface area contributed by atoms with E-state index in [1.54, 1.807) is 0 Å². The molecule has 0 saturated heterocycles. The summed E-state index contributed by atoms with van der Waals surface area (Å²) in [6.07, 6.45) is 0. The van der Waals surface area contributed by atoms with Crippen LogP contribution < -0.4 is 14.1 Å². The van der Waals surface area contributed by atoms with Crippen LogP contribution in [0, 0.1) is 0 Å². The van der Waals surface area contributed by atoms with Crippen molar-refractivity contribution in [3.05, 3.63) is 0 Å². The lowest BCUT2D eigenvalue weighted by atomic mass is 12.0. The highest BCUT2D eigenvalue weighted by molar-refractivity contribution is 2.50. The Morgan fingerprint density at radius 2 is 0.500 bits per heavy atom. The predicted molar refractivity (Wildman–Crippen MR) is 6.73 cm³/mol. The normalized spacial score (nSPS) is 0. The van der Waals surface area contributed by atoms with Crippen molar-refractivity contribution in [1.29, 1.82) is 0 Å². The Labute approximate surface area is 22.9 Å². The fraction of sp³-hybridized carbons (Fsp3) is 1.00. The molecule has 0 atom stereocenters. The van der Waals surface area contributed by atoms with E-state index < -0.39 is 0 Å². The highest BCUT2D eigenvalue weighted by atomic mass is 19.0. The molecule has 0 aromatic heterocycles. The van der Waals surface area contributed by atoms with E-state index in [4.69, 9.17) is 0 Å². The Kier molecular flexibility index (Phi) is 33900. The van der Waals surface area contributed by atoms with Gasteiger partial charge in [0.05, 0.1) is 0 Å². The topological polar surface area (TPSA) is 0 Å². The van der Waals surface area contributed by atoms with Crippen LogP contribution in [0.3, 0.4) is 0 Å². The van der Waals surface area contributed by atoms with E-state index in [1.807, 2.05) is 0 Å². The van der Waals surface area contributed by atoms with Gasteiger partial charge in [-0.3, -0.25) is 0 Å². The zero-order valence-electron chi connectivity index (χ0n) is 1.13. The van der Waals surface area contributed by atoms with Crippen molar-refractivity contribution in [2.75, 3.05) is 0 Å². The highest BCUT2D eigenvalue weighted by Crippen LogP contribution is 0.144. The number of rotatable bonds is 0. The van der Waals surface area contributed by atoms with Gasteiger partial charge >= 0.3 is 0 Å². The SMILES string of the molecule is C.[F-].[F-].[F-]. The van der Waals surface area contributed by atoms with Gasteiger partial charge in [-0.2, -0.15) is 0 Å². The molecular weight excluding hydrogens is 69.0 g/mol. The molecule has 0 nitrogen and oxygen atoms in total. The third-order valence-electron chi connectivity index (χ3n) is 0. The molecule has 0 N–H and O–H groups in total. The van der Waals surface area contributed by atoms with E-state index in [0.717, 1.165) is 0 Å². The summed E-state index contributed by atoms with van der Waals surface area (Å²) in [5, 5.41) is 0. The Balaban J connectivity index is 0. The van der Waals surface area contributed by atoms with Crippen molar-refractivity contribution in [2.24, 2.45) is 0 Å². The minimum atomic E-state index is 0. The number of halogens is 3. The Morgan fingerprint density at radius 3 is 0.500 bits per heavy atom. The molecule has 0 bridgehead atoms. The van der Waals surface area contributed by atoms with Crippen molar-refractivity contribution in [2.45, 2.75) is 7.43 Å². The van der Waals surface area contributed by atoms with Crippen LogP contribution in [0.25, 0.3) is 0 Å². The molecule has 0 fully saturated rings. The van der Waals surface area contributed by atoms with E-state index >= 15 is 0 Å². The first-order chi connectivity index (χ1) is 0. The second kappa shape index (κ2) is 203. The minimum Gasteiger partial charge on any atom is -1.00 e. The van der Waals surface area contributed by atoms with Gasteiger partial charge in [0, 0.05) is 0 Å². The van der Waals surface area contributed by atoms with Crippen LogP contribution in [0.15, 0.2) is 0 Å². The van der Waals surface area contributed by atoms with E-state index in [0.29, 0.717) is 0 Å². The van der Waals surface area contributed by atoms with Crippen LogP contribution in [0.4, 0.5) is 0 Å². The Hall–Kier alpha value is -0.210. The molecule has 0 aliphatic heterocycles. The van der Waals surface area contributed by atoms with Gasteiger partial charge in [0.2, 0.25) is 0 Å². The van der Waals surface area contributed by atoms with E-state index in [9.17, 15) is 0 Å². The van der Waals surface area contributed by atoms with Crippen molar-refractivity contribution in [1.82, 2.24) is 0 Å². The average Bonchev–Trinajstić information content (AvgIpc) is 0. The van der Waals surface area contributed by atoms with Gasteiger partial charge in [0.15, 0.2) is 0 Å². The van der Waals surface area contributed by atoms with Gasteiger partial charge in [-0.1, -0.05) is 7.43 Å². The summed E-state index contributed by atoms with van der Waals surface area (Å²) in [6, 6.07) is 0. The molecule has 0 aromatic rings. The van der Waals surface area contributed by atoms with Crippen molar-refractivity contribution >= 4 is 0 Å². The zero-order valence-corrected chi connectivity index (χ0v) is 1.13. The summed E-state index contributed by atoms with van der Waals surface area (Å²) in [5.41, 5.74) is 0. The van der Waals surface area contributed by atoms with Gasteiger partial charge in [-0.05, 0) is 0 Å². The molecule has 0 heterocycles. The van der Waals surface area contributed by atoms with Gasteiger partial charge in [0.1, 0.15) is 0 Å². The van der Waals surface area contributed by atoms with Crippen molar-refractivity contribution in [3.63, 3.8) is 0 Å². The summed E-state index contributed by atoms with van der Waals surface area (Å²) >= 11 is 0. The van der Waals surface area contributed by atoms with Gasteiger partial charge in [-0.25, -0.2) is 0 Å². The van der Waals surface area contributed by atoms with Crippen LogP contribution in [0.1, 0.15) is 7.43 Å². The molecule has 0 rings (SSSR count). The molecule has 3 heteroatoms. The molecular formula is CH4F3-3. The molecule has 0 aromatic carbocycles. The minimum absolute atomic E-state index is 0. The fourth-order valence-electron chi connectivity index (χ4n) is 0. The Morgan fingerprint density at radius 1 is 0.500 bits per heavy atom. The first kappa shape index (κ1) is 669. The summed E-state index contributed by atoms with van der Waals surface area (Å²) in [5.74, 6) is 0. The molecule has 0 unspecified atom stereocenters. The van der Waals surface area contributed by atoms with Gasteiger partial charge in [0.25, 0.3) is 0 Å². The second-order valence-corrected chi connectivity index (χ2v) is 0. The van der Waals surface area contributed by atoms with Gasteiger partial charge in [-0.15, -0.1) is 0 Å². The third-order valence-corrected chi connectivity index (χ3v) is 0. The summed E-state index contributed by atoms with van der Waals surface area (Å²) in [4.78, 5) is 0. The van der Waals surface area contributed by atoms with Crippen LogP contribution >= 0.6 is 0 Å². The van der Waals surface area contributed by atoms with Gasteiger partial charge < -0.3 is 14.1 Å². The monoisotopic (exact) mass is 73.0 g/mol. The molecule has 32 valence electrons. The largest absolute Gasteiger partial charge is 1.00 e. The van der Waals surface area contributed by atoms with Crippen LogP contribution in [0.2, 0.25) is 0 Å². The lowest BCUT2D eigenvalue weighted by molar-refractivity contribution is -0.00100. The smallest absolute Gasteiger partial charge is 0.0776 e. The second-order valence-electron chi connectivity index (χ2n) is 0. The first-order valence-corrected chi connectivity index (χ1v) is 0. The Bertz CT molecular complexity index is 3.25. The standard InChI is InChI=1S/CH4.3FH/h1H4;3*1H/p-3. The number of hydrogen-bond acceptors (Lipinski definition) is 0. The maximum absolute atomic E-state index is 0. The van der Waals surface area contributed by atoms with E-state index in [-0.39, 0.29) is 21.5 Å². The quantitative estimate of drug-likeness (QED) is 0.267. The van der Waals surface area contributed by atoms with Crippen molar-refractivity contribution in [3.8, 4) is 0 Å². The van der Waals surface area contributed by atoms with Crippen LogP contribution in [-0.4, -0.2) is 0 Å². The summed E-state index contributed by atoms with van der Waals surface area (Å²) in [6.45, 7) is 0. The molecule has 0 spiro atoms. The molecule has 4 heavy (non-hydrogen) atoms. The molecule has 0 aliphatic rings. The van der Waals surface area contributed by atoms with Crippen LogP contribution in [-0.2, 0) is 0 Å². The molecule has 0 aliphatic carbocycles. The molecule has 0 radical (unpaired) electrons. The molecule has 0 amide bonds.